The van der Waals surface area contributed by atoms with Gasteiger partial charge in [-0.15, -0.1) is 0 Å². The lowest BCUT2D eigenvalue weighted by Crippen LogP contribution is -2.57. The first-order valence-electron chi connectivity index (χ1n) is 4.91. The van der Waals surface area contributed by atoms with Crippen molar-refractivity contribution in [2.45, 2.75) is 12.5 Å². The van der Waals surface area contributed by atoms with Crippen molar-refractivity contribution in [3.05, 3.63) is 35.9 Å². The highest BCUT2D eigenvalue weighted by atomic mass is 16.7. The highest BCUT2D eigenvalue weighted by Gasteiger charge is 2.33. The van der Waals surface area contributed by atoms with Gasteiger partial charge >= 0.3 is 0 Å². The fourth-order valence-corrected chi connectivity index (χ4v) is 1.63. The van der Waals surface area contributed by atoms with E-state index in [2.05, 4.69) is 5.32 Å². The lowest BCUT2D eigenvalue weighted by atomic mass is 9.93. The monoisotopic (exact) mass is 205 g/mol. The SMILES string of the molecule is CN1OCC(C)(c2ccccc2)NC1=N. The van der Waals surface area contributed by atoms with Crippen molar-refractivity contribution in [1.82, 2.24) is 10.4 Å². The molecule has 1 atom stereocenters. The van der Waals surface area contributed by atoms with Gasteiger partial charge in [-0.25, -0.2) is 5.06 Å². The highest BCUT2D eigenvalue weighted by molar-refractivity contribution is 5.77. The van der Waals surface area contributed by atoms with Crippen molar-refractivity contribution in [3.63, 3.8) is 0 Å². The zero-order valence-corrected chi connectivity index (χ0v) is 8.95. The molecular weight excluding hydrogens is 190 g/mol. The van der Waals surface area contributed by atoms with E-state index in [-0.39, 0.29) is 11.5 Å². The van der Waals surface area contributed by atoms with E-state index >= 15 is 0 Å². The Morgan fingerprint density at radius 1 is 1.40 bits per heavy atom. The molecule has 1 aliphatic rings. The van der Waals surface area contributed by atoms with E-state index in [1.54, 1.807) is 7.05 Å². The molecule has 0 amide bonds. The van der Waals surface area contributed by atoms with Crippen molar-refractivity contribution in [3.8, 4) is 0 Å². The third-order valence-electron chi connectivity index (χ3n) is 2.67. The largest absolute Gasteiger partial charge is 0.343 e. The van der Waals surface area contributed by atoms with E-state index < -0.39 is 0 Å². The molecule has 1 aromatic rings. The third-order valence-corrected chi connectivity index (χ3v) is 2.67. The lowest BCUT2D eigenvalue weighted by molar-refractivity contribution is -0.126. The zero-order chi connectivity index (χ0) is 10.9. The van der Waals surface area contributed by atoms with Gasteiger partial charge in [0.05, 0.1) is 5.54 Å². The van der Waals surface area contributed by atoms with Gasteiger partial charge in [-0.05, 0) is 12.5 Å². The molecule has 0 spiro atoms. The smallest absolute Gasteiger partial charge is 0.216 e. The maximum absolute atomic E-state index is 7.69. The molecule has 1 unspecified atom stereocenters. The molecule has 0 bridgehead atoms. The van der Waals surface area contributed by atoms with Crippen LogP contribution in [-0.4, -0.2) is 24.7 Å². The number of rotatable bonds is 1. The van der Waals surface area contributed by atoms with Crippen LogP contribution in [0.1, 0.15) is 12.5 Å². The van der Waals surface area contributed by atoms with E-state index in [9.17, 15) is 0 Å². The molecule has 1 heterocycles. The molecular formula is C11H15N3O. The zero-order valence-electron chi connectivity index (χ0n) is 8.95. The highest BCUT2D eigenvalue weighted by Crippen LogP contribution is 2.23. The van der Waals surface area contributed by atoms with Crippen molar-refractivity contribution in [2.24, 2.45) is 0 Å². The number of nitrogens with zero attached hydrogens (tertiary/aromatic N) is 1. The Bertz CT molecular complexity index is 365. The minimum absolute atomic E-state index is 0.285. The number of hydrogen-bond donors (Lipinski definition) is 2. The summed E-state index contributed by atoms with van der Waals surface area (Å²) in [5.41, 5.74) is 0.813. The molecule has 0 saturated carbocycles. The summed E-state index contributed by atoms with van der Waals surface area (Å²) in [4.78, 5) is 5.41. The Morgan fingerprint density at radius 2 is 2.07 bits per heavy atom. The molecule has 0 aliphatic carbocycles. The number of hydrogen-bond acceptors (Lipinski definition) is 2. The fraction of sp³-hybridized carbons (Fsp3) is 0.364. The van der Waals surface area contributed by atoms with Crippen molar-refractivity contribution < 1.29 is 4.84 Å². The summed E-state index contributed by atoms with van der Waals surface area (Å²) in [5, 5.41) is 12.3. The van der Waals surface area contributed by atoms with Crippen LogP contribution in [0.2, 0.25) is 0 Å². The average molecular weight is 205 g/mol. The third kappa shape index (κ3) is 1.80. The molecule has 0 aromatic heterocycles. The molecule has 1 aliphatic heterocycles. The Kier molecular flexibility index (Phi) is 2.36. The van der Waals surface area contributed by atoms with Gasteiger partial charge in [0, 0.05) is 7.05 Å². The van der Waals surface area contributed by atoms with Crippen molar-refractivity contribution >= 4 is 5.96 Å². The summed E-state index contributed by atoms with van der Waals surface area (Å²) >= 11 is 0. The Labute approximate surface area is 89.3 Å². The summed E-state index contributed by atoms with van der Waals surface area (Å²) < 4.78 is 0. The van der Waals surface area contributed by atoms with Gasteiger partial charge < -0.3 is 5.32 Å². The van der Waals surface area contributed by atoms with E-state index in [4.69, 9.17) is 10.2 Å². The van der Waals surface area contributed by atoms with Crippen LogP contribution in [0, 0.1) is 5.41 Å². The quantitative estimate of drug-likeness (QED) is 0.726. The normalized spacial score (nSPS) is 26.3. The summed E-state index contributed by atoms with van der Waals surface area (Å²) in [7, 11) is 1.72. The predicted molar refractivity (Wildman–Crippen MR) is 58.4 cm³/mol. The van der Waals surface area contributed by atoms with Gasteiger partial charge in [-0.3, -0.25) is 10.2 Å². The molecule has 1 fully saturated rings. The Balaban J connectivity index is 2.25. The van der Waals surface area contributed by atoms with E-state index in [1.807, 2.05) is 37.3 Å². The molecule has 80 valence electrons. The molecule has 1 saturated heterocycles. The van der Waals surface area contributed by atoms with Crippen LogP contribution in [0.25, 0.3) is 0 Å². The second-order valence-corrected chi connectivity index (χ2v) is 3.94. The molecule has 0 radical (unpaired) electrons. The molecule has 2 rings (SSSR count). The fourth-order valence-electron chi connectivity index (χ4n) is 1.63. The van der Waals surface area contributed by atoms with E-state index in [0.29, 0.717) is 6.61 Å². The summed E-state index contributed by atoms with van der Waals surface area (Å²) in [6.45, 7) is 2.56. The van der Waals surface area contributed by atoms with E-state index in [0.717, 1.165) is 5.56 Å². The minimum Gasteiger partial charge on any atom is -0.343 e. The van der Waals surface area contributed by atoms with Gasteiger partial charge in [-0.1, -0.05) is 30.3 Å². The molecule has 15 heavy (non-hydrogen) atoms. The van der Waals surface area contributed by atoms with Crippen LogP contribution < -0.4 is 5.32 Å². The Hall–Kier alpha value is -1.55. The first kappa shape index (κ1) is 9.98. The molecule has 4 nitrogen and oxygen atoms in total. The van der Waals surface area contributed by atoms with Crippen LogP contribution >= 0.6 is 0 Å². The first-order chi connectivity index (χ1) is 7.12. The summed E-state index contributed by atoms with van der Waals surface area (Å²) in [5.74, 6) is 0.285. The lowest BCUT2D eigenvalue weighted by Gasteiger charge is -2.40. The molecule has 2 N–H and O–H groups in total. The summed E-state index contributed by atoms with van der Waals surface area (Å²) in [6, 6.07) is 10.0. The number of hydroxylamine groups is 2. The number of guanidine groups is 1. The summed E-state index contributed by atoms with van der Waals surface area (Å²) in [6.07, 6.45) is 0. The van der Waals surface area contributed by atoms with Gasteiger partial charge in [-0.2, -0.15) is 0 Å². The van der Waals surface area contributed by atoms with Crippen LogP contribution in [0.5, 0.6) is 0 Å². The van der Waals surface area contributed by atoms with Gasteiger partial charge in [0.25, 0.3) is 0 Å². The van der Waals surface area contributed by atoms with Gasteiger partial charge in [0.1, 0.15) is 6.61 Å². The first-order valence-corrected chi connectivity index (χ1v) is 4.91. The standard InChI is InChI=1S/C11H15N3O/c1-11(9-6-4-3-5-7-9)8-15-14(2)10(12)13-11/h3-7H,8H2,1-2H3,(H2,12,13). The van der Waals surface area contributed by atoms with Gasteiger partial charge in [0.2, 0.25) is 5.96 Å². The average Bonchev–Trinajstić information content (AvgIpc) is 2.26. The van der Waals surface area contributed by atoms with Crippen LogP contribution in [0.15, 0.2) is 30.3 Å². The number of benzene rings is 1. The maximum atomic E-state index is 7.69. The van der Waals surface area contributed by atoms with Crippen molar-refractivity contribution in [1.29, 1.82) is 5.41 Å². The topological polar surface area (TPSA) is 48.4 Å². The maximum Gasteiger partial charge on any atom is 0.216 e. The Morgan fingerprint density at radius 3 is 2.67 bits per heavy atom. The van der Waals surface area contributed by atoms with Crippen LogP contribution in [0.4, 0.5) is 0 Å². The second kappa shape index (κ2) is 3.55. The van der Waals surface area contributed by atoms with Gasteiger partial charge in [0.15, 0.2) is 0 Å². The van der Waals surface area contributed by atoms with Crippen molar-refractivity contribution in [2.75, 3.05) is 13.7 Å². The van der Waals surface area contributed by atoms with Crippen LogP contribution in [-0.2, 0) is 10.4 Å². The minimum atomic E-state index is -0.315. The van der Waals surface area contributed by atoms with Crippen LogP contribution in [0.3, 0.4) is 0 Å². The van der Waals surface area contributed by atoms with E-state index in [1.165, 1.54) is 5.06 Å². The second-order valence-electron chi connectivity index (χ2n) is 3.94. The molecule has 4 heteroatoms. The molecule has 1 aromatic carbocycles. The predicted octanol–water partition coefficient (Wildman–Crippen LogP) is 1.30. The number of nitrogens with one attached hydrogen (secondary N) is 2.